The largest absolute Gasteiger partial charge is 0.374 e. The molecule has 2 aromatic rings. The van der Waals surface area contributed by atoms with Crippen molar-refractivity contribution in [2.75, 3.05) is 10.6 Å². The first kappa shape index (κ1) is 16.1. The molecule has 0 aliphatic heterocycles. The van der Waals surface area contributed by atoms with Gasteiger partial charge in [0.2, 0.25) is 5.91 Å². The van der Waals surface area contributed by atoms with Crippen molar-refractivity contribution >= 4 is 17.3 Å². The van der Waals surface area contributed by atoms with Crippen molar-refractivity contribution in [3.8, 4) is 6.07 Å². The van der Waals surface area contributed by atoms with Gasteiger partial charge in [-0.3, -0.25) is 4.79 Å². The Hall–Kier alpha value is -2.80. The second-order valence-electron chi connectivity index (χ2n) is 6.20. The van der Waals surface area contributed by atoms with Crippen LogP contribution < -0.4 is 10.6 Å². The fraction of sp³-hybridized carbons (Fsp3) is 0.300. The van der Waals surface area contributed by atoms with Crippen LogP contribution in [0, 0.1) is 11.3 Å². The van der Waals surface area contributed by atoms with E-state index in [4.69, 9.17) is 5.26 Å². The summed E-state index contributed by atoms with van der Waals surface area (Å²) in [7, 11) is 0. The van der Waals surface area contributed by atoms with Crippen LogP contribution in [0.3, 0.4) is 0 Å². The van der Waals surface area contributed by atoms with Crippen LogP contribution in [0.2, 0.25) is 0 Å². The molecule has 1 atom stereocenters. The van der Waals surface area contributed by atoms with Crippen LogP contribution in [-0.4, -0.2) is 11.9 Å². The van der Waals surface area contributed by atoms with Crippen molar-refractivity contribution in [2.24, 2.45) is 0 Å². The summed E-state index contributed by atoms with van der Waals surface area (Å²) < 4.78 is 0. The summed E-state index contributed by atoms with van der Waals surface area (Å²) in [5.41, 5.74) is 4.96. The second-order valence-corrected chi connectivity index (χ2v) is 6.20. The van der Waals surface area contributed by atoms with Crippen LogP contribution in [0.25, 0.3) is 0 Å². The molecule has 122 valence electrons. The van der Waals surface area contributed by atoms with Gasteiger partial charge in [-0.05, 0) is 68.0 Å². The lowest BCUT2D eigenvalue weighted by Crippen LogP contribution is -2.32. The van der Waals surface area contributed by atoms with E-state index < -0.39 is 0 Å². The standard InChI is InChI=1S/C20H21N3O/c1-14(20(24)23-17-9-4-6-15(12-17)13-21)22-19-11-5-8-16-7-2-3-10-18(16)19/h4-6,8-9,11-12,14,22H,2-3,7,10H2,1H3,(H,23,24)/t14-/m1/s1. The van der Waals surface area contributed by atoms with Crippen molar-refractivity contribution in [2.45, 2.75) is 38.6 Å². The number of nitrogens with zero attached hydrogens (tertiary/aromatic N) is 1. The van der Waals surface area contributed by atoms with E-state index in [-0.39, 0.29) is 11.9 Å². The summed E-state index contributed by atoms with van der Waals surface area (Å²) in [4.78, 5) is 12.4. The molecule has 2 aromatic carbocycles. The van der Waals surface area contributed by atoms with Crippen LogP contribution in [0.15, 0.2) is 42.5 Å². The van der Waals surface area contributed by atoms with E-state index in [1.807, 2.05) is 19.1 Å². The molecule has 4 heteroatoms. The van der Waals surface area contributed by atoms with E-state index in [0.717, 1.165) is 18.5 Å². The summed E-state index contributed by atoms with van der Waals surface area (Å²) >= 11 is 0. The fourth-order valence-corrected chi connectivity index (χ4v) is 3.13. The van der Waals surface area contributed by atoms with Gasteiger partial charge in [-0.2, -0.15) is 5.26 Å². The predicted molar refractivity (Wildman–Crippen MR) is 96.0 cm³/mol. The van der Waals surface area contributed by atoms with Gasteiger partial charge >= 0.3 is 0 Å². The number of amides is 1. The predicted octanol–water partition coefficient (Wildman–Crippen LogP) is 3.88. The average Bonchev–Trinajstić information content (AvgIpc) is 2.62. The molecule has 0 saturated heterocycles. The van der Waals surface area contributed by atoms with E-state index in [0.29, 0.717) is 11.3 Å². The van der Waals surface area contributed by atoms with Gasteiger partial charge in [0.25, 0.3) is 0 Å². The summed E-state index contributed by atoms with van der Waals surface area (Å²) in [6, 6.07) is 14.9. The molecular weight excluding hydrogens is 298 g/mol. The smallest absolute Gasteiger partial charge is 0.246 e. The van der Waals surface area contributed by atoms with E-state index in [9.17, 15) is 4.79 Å². The number of fused-ring (bicyclic) bond motifs is 1. The Morgan fingerprint density at radius 2 is 1.96 bits per heavy atom. The zero-order valence-electron chi connectivity index (χ0n) is 13.8. The highest BCUT2D eigenvalue weighted by atomic mass is 16.2. The maximum atomic E-state index is 12.4. The minimum Gasteiger partial charge on any atom is -0.374 e. The van der Waals surface area contributed by atoms with Gasteiger partial charge in [0.15, 0.2) is 0 Å². The molecule has 4 nitrogen and oxygen atoms in total. The molecule has 1 aliphatic carbocycles. The molecule has 3 rings (SSSR count). The van der Waals surface area contributed by atoms with E-state index in [1.54, 1.807) is 24.3 Å². The summed E-state index contributed by atoms with van der Waals surface area (Å²) in [5.74, 6) is -0.112. The van der Waals surface area contributed by atoms with E-state index in [2.05, 4.69) is 22.8 Å². The molecule has 0 aromatic heterocycles. The van der Waals surface area contributed by atoms with Crippen molar-refractivity contribution in [3.05, 3.63) is 59.2 Å². The average molecular weight is 319 g/mol. The zero-order chi connectivity index (χ0) is 16.9. The van der Waals surface area contributed by atoms with Crippen LogP contribution in [-0.2, 0) is 17.6 Å². The monoisotopic (exact) mass is 319 g/mol. The lowest BCUT2D eigenvalue weighted by atomic mass is 9.90. The number of benzene rings is 2. The number of anilines is 2. The first-order valence-electron chi connectivity index (χ1n) is 8.35. The fourth-order valence-electron chi connectivity index (χ4n) is 3.13. The third kappa shape index (κ3) is 3.57. The first-order valence-corrected chi connectivity index (χ1v) is 8.35. The second kappa shape index (κ2) is 7.18. The van der Waals surface area contributed by atoms with Gasteiger partial charge in [0.1, 0.15) is 6.04 Å². The number of rotatable bonds is 4. The minimum atomic E-state index is -0.357. The van der Waals surface area contributed by atoms with Crippen LogP contribution >= 0.6 is 0 Å². The highest BCUT2D eigenvalue weighted by molar-refractivity contribution is 5.96. The molecule has 2 N–H and O–H groups in total. The molecule has 24 heavy (non-hydrogen) atoms. The van der Waals surface area contributed by atoms with Gasteiger partial charge in [-0.25, -0.2) is 0 Å². The number of hydrogen-bond donors (Lipinski definition) is 2. The number of hydrogen-bond acceptors (Lipinski definition) is 3. The Morgan fingerprint density at radius 1 is 1.17 bits per heavy atom. The van der Waals surface area contributed by atoms with Crippen LogP contribution in [0.4, 0.5) is 11.4 Å². The summed E-state index contributed by atoms with van der Waals surface area (Å²) in [6.07, 6.45) is 4.62. The van der Waals surface area contributed by atoms with Gasteiger partial charge in [0, 0.05) is 11.4 Å². The summed E-state index contributed by atoms with van der Waals surface area (Å²) in [6.45, 7) is 1.85. The van der Waals surface area contributed by atoms with Gasteiger partial charge in [-0.15, -0.1) is 0 Å². The quantitative estimate of drug-likeness (QED) is 0.899. The molecule has 0 fully saturated rings. The molecule has 0 radical (unpaired) electrons. The summed E-state index contributed by atoms with van der Waals surface area (Å²) in [5, 5.41) is 15.1. The topological polar surface area (TPSA) is 64.9 Å². The zero-order valence-corrected chi connectivity index (χ0v) is 13.8. The number of nitrogens with one attached hydrogen (secondary N) is 2. The van der Waals surface area contributed by atoms with E-state index >= 15 is 0 Å². The number of nitriles is 1. The van der Waals surface area contributed by atoms with Crippen molar-refractivity contribution in [1.29, 1.82) is 5.26 Å². The lowest BCUT2D eigenvalue weighted by Gasteiger charge is -2.22. The van der Waals surface area contributed by atoms with Crippen molar-refractivity contribution in [1.82, 2.24) is 0 Å². The van der Waals surface area contributed by atoms with Gasteiger partial charge in [-0.1, -0.05) is 18.2 Å². The van der Waals surface area contributed by atoms with E-state index in [1.165, 1.54) is 24.0 Å². The number of carbonyl (C=O) groups is 1. The SMILES string of the molecule is C[C@@H](Nc1cccc2c1CCCC2)C(=O)Nc1cccc(C#N)c1. The maximum Gasteiger partial charge on any atom is 0.246 e. The van der Waals surface area contributed by atoms with Gasteiger partial charge in [0.05, 0.1) is 11.6 Å². The third-order valence-corrected chi connectivity index (χ3v) is 4.42. The number of aryl methyl sites for hydroxylation is 1. The third-order valence-electron chi connectivity index (χ3n) is 4.42. The molecular formula is C20H21N3O. The normalized spacial score (nSPS) is 14.2. The maximum absolute atomic E-state index is 12.4. The van der Waals surface area contributed by atoms with Crippen molar-refractivity contribution in [3.63, 3.8) is 0 Å². The first-order chi connectivity index (χ1) is 11.7. The molecule has 0 bridgehead atoms. The highest BCUT2D eigenvalue weighted by Crippen LogP contribution is 2.28. The molecule has 1 aliphatic rings. The number of carbonyl (C=O) groups excluding carboxylic acids is 1. The minimum absolute atomic E-state index is 0.112. The molecule has 0 spiro atoms. The van der Waals surface area contributed by atoms with Gasteiger partial charge < -0.3 is 10.6 Å². The Kier molecular flexibility index (Phi) is 4.81. The Morgan fingerprint density at radius 3 is 2.79 bits per heavy atom. The van der Waals surface area contributed by atoms with Crippen LogP contribution in [0.5, 0.6) is 0 Å². The Bertz CT molecular complexity index is 792. The molecule has 1 amide bonds. The Balaban J connectivity index is 1.69. The molecule has 0 saturated carbocycles. The van der Waals surface area contributed by atoms with Crippen molar-refractivity contribution < 1.29 is 4.79 Å². The Labute approximate surface area is 142 Å². The molecule has 0 heterocycles. The van der Waals surface area contributed by atoms with Crippen LogP contribution in [0.1, 0.15) is 36.5 Å². The molecule has 0 unspecified atom stereocenters. The lowest BCUT2D eigenvalue weighted by molar-refractivity contribution is -0.116. The highest BCUT2D eigenvalue weighted by Gasteiger charge is 2.17.